The molecule has 0 bridgehead atoms. The summed E-state index contributed by atoms with van der Waals surface area (Å²) in [5.41, 5.74) is 1.34. The van der Waals surface area contributed by atoms with Crippen molar-refractivity contribution in [2.75, 3.05) is 11.9 Å². The number of nitrogens with one attached hydrogen (secondary N) is 1. The van der Waals surface area contributed by atoms with E-state index >= 15 is 0 Å². The standard InChI is InChI=1S/C12H15BrN2O/c1-8(2)12(7-16)15-11-4-3-10(13)5-9(11)6-14/h3-5,8,12,15-16H,7H2,1-2H3. The van der Waals surface area contributed by atoms with Crippen molar-refractivity contribution >= 4 is 21.6 Å². The van der Waals surface area contributed by atoms with E-state index in [4.69, 9.17) is 5.26 Å². The predicted molar refractivity (Wildman–Crippen MR) is 68.2 cm³/mol. The highest BCUT2D eigenvalue weighted by atomic mass is 79.9. The summed E-state index contributed by atoms with van der Waals surface area (Å²) in [7, 11) is 0. The van der Waals surface area contributed by atoms with Crippen molar-refractivity contribution in [3.8, 4) is 6.07 Å². The first-order chi connectivity index (χ1) is 7.58. The van der Waals surface area contributed by atoms with Gasteiger partial charge < -0.3 is 10.4 Å². The van der Waals surface area contributed by atoms with Crippen LogP contribution in [-0.4, -0.2) is 17.8 Å². The van der Waals surface area contributed by atoms with Crippen LogP contribution in [0.15, 0.2) is 22.7 Å². The van der Waals surface area contributed by atoms with Gasteiger partial charge in [-0.05, 0) is 24.1 Å². The number of aliphatic hydroxyl groups is 1. The van der Waals surface area contributed by atoms with E-state index in [0.717, 1.165) is 10.2 Å². The third-order valence-electron chi connectivity index (χ3n) is 2.44. The van der Waals surface area contributed by atoms with Gasteiger partial charge in [0.15, 0.2) is 0 Å². The Morgan fingerprint density at radius 2 is 2.19 bits per heavy atom. The van der Waals surface area contributed by atoms with Crippen molar-refractivity contribution in [2.24, 2.45) is 5.92 Å². The van der Waals surface area contributed by atoms with Crippen molar-refractivity contribution in [2.45, 2.75) is 19.9 Å². The van der Waals surface area contributed by atoms with Gasteiger partial charge in [-0.3, -0.25) is 0 Å². The predicted octanol–water partition coefficient (Wildman–Crippen LogP) is 2.75. The molecule has 1 rings (SSSR count). The quantitative estimate of drug-likeness (QED) is 0.893. The molecule has 0 fully saturated rings. The summed E-state index contributed by atoms with van der Waals surface area (Å²) in [5, 5.41) is 21.4. The minimum atomic E-state index is -0.0340. The van der Waals surface area contributed by atoms with Crippen molar-refractivity contribution in [3.63, 3.8) is 0 Å². The highest BCUT2D eigenvalue weighted by Gasteiger charge is 2.13. The third-order valence-corrected chi connectivity index (χ3v) is 2.94. The fraction of sp³-hybridized carbons (Fsp3) is 0.417. The first-order valence-electron chi connectivity index (χ1n) is 5.15. The maximum absolute atomic E-state index is 9.22. The smallest absolute Gasteiger partial charge is 0.101 e. The number of halogens is 1. The molecule has 0 saturated heterocycles. The Kier molecular flexibility index (Phi) is 4.78. The molecular weight excluding hydrogens is 268 g/mol. The fourth-order valence-corrected chi connectivity index (χ4v) is 1.72. The summed E-state index contributed by atoms with van der Waals surface area (Å²) < 4.78 is 0.875. The summed E-state index contributed by atoms with van der Waals surface area (Å²) in [4.78, 5) is 0. The van der Waals surface area contributed by atoms with Gasteiger partial charge in [0.2, 0.25) is 0 Å². The van der Waals surface area contributed by atoms with Crippen LogP contribution in [0, 0.1) is 17.2 Å². The lowest BCUT2D eigenvalue weighted by Gasteiger charge is -2.21. The van der Waals surface area contributed by atoms with Crippen LogP contribution in [0.1, 0.15) is 19.4 Å². The molecule has 1 atom stereocenters. The lowest BCUT2D eigenvalue weighted by atomic mass is 10.0. The Labute approximate surface area is 104 Å². The second-order valence-electron chi connectivity index (χ2n) is 3.98. The van der Waals surface area contributed by atoms with Crippen molar-refractivity contribution in [1.29, 1.82) is 5.26 Å². The van der Waals surface area contributed by atoms with Crippen LogP contribution in [0.4, 0.5) is 5.69 Å². The van der Waals surface area contributed by atoms with Gasteiger partial charge in [0, 0.05) is 4.47 Å². The van der Waals surface area contributed by atoms with Crippen LogP contribution in [-0.2, 0) is 0 Å². The molecule has 4 heteroatoms. The molecular formula is C12H15BrN2O. The third kappa shape index (κ3) is 3.22. The van der Waals surface area contributed by atoms with Gasteiger partial charge in [-0.15, -0.1) is 0 Å². The lowest BCUT2D eigenvalue weighted by Crippen LogP contribution is -2.29. The molecule has 0 aliphatic rings. The van der Waals surface area contributed by atoms with Crippen molar-refractivity contribution in [1.82, 2.24) is 0 Å². The second-order valence-corrected chi connectivity index (χ2v) is 4.89. The number of aliphatic hydroxyl groups excluding tert-OH is 1. The minimum absolute atomic E-state index is 0.0340. The maximum atomic E-state index is 9.22. The van der Waals surface area contributed by atoms with E-state index in [-0.39, 0.29) is 12.6 Å². The molecule has 16 heavy (non-hydrogen) atoms. The highest BCUT2D eigenvalue weighted by Crippen LogP contribution is 2.22. The molecule has 0 saturated carbocycles. The van der Waals surface area contributed by atoms with Gasteiger partial charge in [-0.1, -0.05) is 29.8 Å². The van der Waals surface area contributed by atoms with E-state index in [0.29, 0.717) is 11.5 Å². The van der Waals surface area contributed by atoms with Gasteiger partial charge in [0.05, 0.1) is 23.9 Å². The molecule has 0 aliphatic carbocycles. The Morgan fingerprint density at radius 1 is 1.50 bits per heavy atom. The Hall–Kier alpha value is -1.05. The van der Waals surface area contributed by atoms with Crippen LogP contribution in [0.5, 0.6) is 0 Å². The average molecular weight is 283 g/mol. The second kappa shape index (κ2) is 5.88. The molecule has 0 radical (unpaired) electrons. The molecule has 1 aromatic rings. The zero-order valence-corrected chi connectivity index (χ0v) is 11.0. The SMILES string of the molecule is CC(C)C(CO)Nc1ccc(Br)cc1C#N. The van der Waals surface area contributed by atoms with Crippen LogP contribution >= 0.6 is 15.9 Å². The van der Waals surface area contributed by atoms with Crippen LogP contribution in [0.3, 0.4) is 0 Å². The summed E-state index contributed by atoms with van der Waals surface area (Å²) in [6, 6.07) is 7.57. The number of hydrogen-bond donors (Lipinski definition) is 2. The van der Waals surface area contributed by atoms with Crippen molar-refractivity contribution < 1.29 is 5.11 Å². The molecule has 0 aliphatic heterocycles. The van der Waals surface area contributed by atoms with E-state index in [1.54, 1.807) is 6.07 Å². The number of nitriles is 1. The average Bonchev–Trinajstić information content (AvgIpc) is 2.26. The van der Waals surface area contributed by atoms with E-state index in [2.05, 4.69) is 27.3 Å². The number of nitrogens with zero attached hydrogens (tertiary/aromatic N) is 1. The molecule has 3 nitrogen and oxygen atoms in total. The molecule has 2 N–H and O–H groups in total. The molecule has 0 spiro atoms. The first-order valence-corrected chi connectivity index (χ1v) is 5.94. The first kappa shape index (κ1) is 13.0. The molecule has 86 valence electrons. The van der Waals surface area contributed by atoms with E-state index < -0.39 is 0 Å². The van der Waals surface area contributed by atoms with Gasteiger partial charge in [0.1, 0.15) is 6.07 Å². The van der Waals surface area contributed by atoms with E-state index in [9.17, 15) is 5.11 Å². The van der Waals surface area contributed by atoms with E-state index in [1.165, 1.54) is 0 Å². The van der Waals surface area contributed by atoms with Gasteiger partial charge >= 0.3 is 0 Å². The van der Waals surface area contributed by atoms with Crippen LogP contribution in [0.2, 0.25) is 0 Å². The lowest BCUT2D eigenvalue weighted by molar-refractivity contribution is 0.249. The van der Waals surface area contributed by atoms with Gasteiger partial charge in [-0.25, -0.2) is 0 Å². The minimum Gasteiger partial charge on any atom is -0.394 e. The Balaban J connectivity index is 2.92. The molecule has 1 aromatic carbocycles. The summed E-state index contributed by atoms with van der Waals surface area (Å²) >= 11 is 3.32. The molecule has 0 amide bonds. The zero-order valence-electron chi connectivity index (χ0n) is 9.37. The normalized spacial score (nSPS) is 12.2. The van der Waals surface area contributed by atoms with Crippen molar-refractivity contribution in [3.05, 3.63) is 28.2 Å². The van der Waals surface area contributed by atoms with Crippen LogP contribution in [0.25, 0.3) is 0 Å². The highest BCUT2D eigenvalue weighted by molar-refractivity contribution is 9.10. The van der Waals surface area contributed by atoms with Crippen LogP contribution < -0.4 is 5.32 Å². The molecule has 0 aromatic heterocycles. The van der Waals surface area contributed by atoms with E-state index in [1.807, 2.05) is 26.0 Å². The largest absolute Gasteiger partial charge is 0.394 e. The summed E-state index contributed by atoms with van der Waals surface area (Å²) in [5.74, 6) is 0.306. The number of rotatable bonds is 4. The maximum Gasteiger partial charge on any atom is 0.101 e. The molecule has 1 unspecified atom stereocenters. The molecule has 0 heterocycles. The number of benzene rings is 1. The summed E-state index contributed by atoms with van der Waals surface area (Å²) in [6.07, 6.45) is 0. The zero-order chi connectivity index (χ0) is 12.1. The Morgan fingerprint density at radius 3 is 2.69 bits per heavy atom. The monoisotopic (exact) mass is 282 g/mol. The number of hydrogen-bond acceptors (Lipinski definition) is 3. The Bertz CT molecular complexity index is 398. The number of anilines is 1. The van der Waals surface area contributed by atoms with Gasteiger partial charge in [0.25, 0.3) is 0 Å². The van der Waals surface area contributed by atoms with Gasteiger partial charge in [-0.2, -0.15) is 5.26 Å². The summed E-state index contributed by atoms with van der Waals surface area (Å²) in [6.45, 7) is 4.11. The topological polar surface area (TPSA) is 56.0 Å². The fourth-order valence-electron chi connectivity index (χ4n) is 1.36.